The number of nitrogens with one attached hydrogen (secondary N) is 1. The van der Waals surface area contributed by atoms with Crippen molar-refractivity contribution in [3.05, 3.63) is 66.0 Å². The van der Waals surface area contributed by atoms with Crippen LogP contribution in [0.4, 0.5) is 10.1 Å². The van der Waals surface area contributed by atoms with E-state index in [1.165, 1.54) is 6.07 Å². The first-order chi connectivity index (χ1) is 10.0. The smallest absolute Gasteiger partial charge is 0.242 e. The molecule has 0 heterocycles. The monoisotopic (exact) mass is 286 g/mol. The number of nitrogens with two attached hydrogens (primary N) is 1. The largest absolute Gasteiger partial charge is 0.369 e. The first-order valence-corrected chi connectivity index (χ1v) is 6.88. The van der Waals surface area contributed by atoms with Crippen LogP contribution in [-0.4, -0.2) is 11.4 Å². The molecule has 0 aliphatic carbocycles. The van der Waals surface area contributed by atoms with Crippen molar-refractivity contribution in [3.8, 4) is 0 Å². The van der Waals surface area contributed by atoms with Crippen LogP contribution in [0.2, 0.25) is 0 Å². The minimum atomic E-state index is -1.00. The molecule has 1 atom stereocenters. The number of anilines is 1. The number of aryl methyl sites for hydroxylation is 1. The molecule has 1 amide bonds. The molecular weight excluding hydrogens is 267 g/mol. The second-order valence-corrected chi connectivity index (χ2v) is 5.29. The fourth-order valence-electron chi connectivity index (χ4n) is 2.15. The maximum Gasteiger partial charge on any atom is 0.242 e. The van der Waals surface area contributed by atoms with Gasteiger partial charge in [-0.15, -0.1) is 0 Å². The Labute approximate surface area is 124 Å². The fourth-order valence-corrected chi connectivity index (χ4v) is 2.15. The molecule has 0 saturated carbocycles. The number of hydrogen-bond acceptors (Lipinski definition) is 2. The van der Waals surface area contributed by atoms with E-state index in [2.05, 4.69) is 5.32 Å². The lowest BCUT2D eigenvalue weighted by molar-refractivity contribution is -0.122. The molecule has 0 aliphatic rings. The number of halogens is 1. The van der Waals surface area contributed by atoms with Gasteiger partial charge in [-0.2, -0.15) is 0 Å². The Morgan fingerprint density at radius 1 is 1.14 bits per heavy atom. The first-order valence-electron chi connectivity index (χ1n) is 6.88. The van der Waals surface area contributed by atoms with Crippen molar-refractivity contribution in [1.29, 1.82) is 0 Å². The lowest BCUT2D eigenvalue weighted by Crippen LogP contribution is -2.48. The zero-order valence-corrected chi connectivity index (χ0v) is 12.0. The lowest BCUT2D eigenvalue weighted by Gasteiger charge is -2.29. The highest BCUT2D eigenvalue weighted by Gasteiger charge is 2.31. The Bertz CT molecular complexity index is 615. The van der Waals surface area contributed by atoms with E-state index in [0.29, 0.717) is 12.8 Å². The number of para-hydroxylation sites is 1. The minimum absolute atomic E-state index is 0.284. The number of primary amides is 1. The Morgan fingerprint density at radius 3 is 2.38 bits per heavy atom. The number of carbonyl (C=O) groups is 1. The maximum absolute atomic E-state index is 13.7. The standard InChI is InChI=1S/C17H19FN2O/c1-17(16(19)21,12-11-13-7-3-2-4-8-13)20-15-10-6-5-9-14(15)18/h2-10,20H,11-12H2,1H3,(H2,19,21). The van der Waals surface area contributed by atoms with Crippen LogP contribution in [0.25, 0.3) is 0 Å². The predicted molar refractivity (Wildman–Crippen MR) is 82.4 cm³/mol. The summed E-state index contributed by atoms with van der Waals surface area (Å²) < 4.78 is 13.7. The van der Waals surface area contributed by atoms with Crippen molar-refractivity contribution in [2.24, 2.45) is 5.73 Å². The van der Waals surface area contributed by atoms with E-state index in [1.807, 2.05) is 30.3 Å². The van der Waals surface area contributed by atoms with Gasteiger partial charge in [0.05, 0.1) is 5.69 Å². The van der Waals surface area contributed by atoms with Crippen LogP contribution >= 0.6 is 0 Å². The third-order valence-corrected chi connectivity index (χ3v) is 3.58. The van der Waals surface area contributed by atoms with Crippen LogP contribution in [0, 0.1) is 5.82 Å². The van der Waals surface area contributed by atoms with Crippen LogP contribution in [0.5, 0.6) is 0 Å². The van der Waals surface area contributed by atoms with Crippen molar-refractivity contribution < 1.29 is 9.18 Å². The summed E-state index contributed by atoms with van der Waals surface area (Å²) >= 11 is 0. The SMILES string of the molecule is CC(CCc1ccccc1)(Nc1ccccc1F)C(N)=O. The lowest BCUT2D eigenvalue weighted by atomic mass is 9.92. The second kappa shape index (κ2) is 6.39. The fraction of sp³-hybridized carbons (Fsp3) is 0.235. The van der Waals surface area contributed by atoms with E-state index in [-0.39, 0.29) is 5.69 Å². The van der Waals surface area contributed by atoms with Crippen LogP contribution in [0.3, 0.4) is 0 Å². The number of benzene rings is 2. The topological polar surface area (TPSA) is 55.1 Å². The molecular formula is C17H19FN2O. The van der Waals surface area contributed by atoms with E-state index in [4.69, 9.17) is 5.73 Å². The van der Waals surface area contributed by atoms with Crippen LogP contribution in [0.15, 0.2) is 54.6 Å². The van der Waals surface area contributed by atoms with E-state index >= 15 is 0 Å². The Balaban J connectivity index is 2.13. The summed E-state index contributed by atoms with van der Waals surface area (Å²) in [7, 11) is 0. The Kier molecular flexibility index (Phi) is 4.58. The molecule has 3 nitrogen and oxygen atoms in total. The maximum atomic E-state index is 13.7. The highest BCUT2D eigenvalue weighted by Crippen LogP contribution is 2.22. The van der Waals surface area contributed by atoms with Gasteiger partial charge in [0.15, 0.2) is 0 Å². The molecule has 0 spiro atoms. The summed E-state index contributed by atoms with van der Waals surface area (Å²) in [6.45, 7) is 1.70. The molecule has 0 fully saturated rings. The highest BCUT2D eigenvalue weighted by atomic mass is 19.1. The summed E-state index contributed by atoms with van der Waals surface area (Å²) in [5.41, 5.74) is 5.90. The molecule has 0 saturated heterocycles. The molecule has 4 heteroatoms. The molecule has 0 aliphatic heterocycles. The third-order valence-electron chi connectivity index (χ3n) is 3.58. The van der Waals surface area contributed by atoms with Crippen LogP contribution in [-0.2, 0) is 11.2 Å². The molecule has 0 bridgehead atoms. The van der Waals surface area contributed by atoms with Crippen LogP contribution < -0.4 is 11.1 Å². The molecule has 2 rings (SSSR count). The zero-order valence-electron chi connectivity index (χ0n) is 12.0. The molecule has 0 radical (unpaired) electrons. The highest BCUT2D eigenvalue weighted by molar-refractivity contribution is 5.87. The van der Waals surface area contributed by atoms with E-state index in [1.54, 1.807) is 25.1 Å². The van der Waals surface area contributed by atoms with Gasteiger partial charge in [0.1, 0.15) is 11.4 Å². The van der Waals surface area contributed by atoms with E-state index in [0.717, 1.165) is 5.56 Å². The van der Waals surface area contributed by atoms with Crippen molar-refractivity contribution >= 4 is 11.6 Å². The Hall–Kier alpha value is -2.36. The van der Waals surface area contributed by atoms with Crippen molar-refractivity contribution in [2.75, 3.05) is 5.32 Å². The van der Waals surface area contributed by atoms with Crippen LogP contribution in [0.1, 0.15) is 18.9 Å². The molecule has 2 aromatic rings. The Morgan fingerprint density at radius 2 is 1.76 bits per heavy atom. The molecule has 21 heavy (non-hydrogen) atoms. The molecule has 1 unspecified atom stereocenters. The minimum Gasteiger partial charge on any atom is -0.369 e. The van der Waals surface area contributed by atoms with Gasteiger partial charge in [0, 0.05) is 0 Å². The molecule has 2 aromatic carbocycles. The normalized spacial score (nSPS) is 13.4. The van der Waals surface area contributed by atoms with Crippen molar-refractivity contribution in [1.82, 2.24) is 0 Å². The number of rotatable bonds is 6. The van der Waals surface area contributed by atoms with E-state index in [9.17, 15) is 9.18 Å². The predicted octanol–water partition coefficient (Wildman–Crippen LogP) is 3.11. The summed E-state index contributed by atoms with van der Waals surface area (Å²) in [4.78, 5) is 11.8. The zero-order chi connectivity index (χ0) is 15.3. The van der Waals surface area contributed by atoms with Gasteiger partial charge in [-0.05, 0) is 37.5 Å². The number of hydrogen-bond donors (Lipinski definition) is 2. The van der Waals surface area contributed by atoms with Gasteiger partial charge in [0.25, 0.3) is 0 Å². The molecule has 110 valence electrons. The first kappa shape index (κ1) is 15.0. The van der Waals surface area contributed by atoms with Gasteiger partial charge in [-0.3, -0.25) is 4.79 Å². The quantitative estimate of drug-likeness (QED) is 0.857. The summed E-state index contributed by atoms with van der Waals surface area (Å²) in [5.74, 6) is -0.897. The van der Waals surface area contributed by atoms with Gasteiger partial charge >= 0.3 is 0 Å². The van der Waals surface area contributed by atoms with Crippen molar-refractivity contribution in [2.45, 2.75) is 25.3 Å². The summed E-state index contributed by atoms with van der Waals surface area (Å²) in [5, 5.41) is 2.94. The van der Waals surface area contributed by atoms with Gasteiger partial charge < -0.3 is 11.1 Å². The third kappa shape index (κ3) is 3.81. The van der Waals surface area contributed by atoms with Crippen molar-refractivity contribution in [3.63, 3.8) is 0 Å². The average Bonchev–Trinajstić information content (AvgIpc) is 2.48. The second-order valence-electron chi connectivity index (χ2n) is 5.29. The van der Waals surface area contributed by atoms with Gasteiger partial charge in [0.2, 0.25) is 5.91 Å². The number of amides is 1. The summed E-state index contributed by atoms with van der Waals surface area (Å²) in [6, 6.07) is 16.1. The van der Waals surface area contributed by atoms with Gasteiger partial charge in [-0.1, -0.05) is 42.5 Å². The van der Waals surface area contributed by atoms with Gasteiger partial charge in [-0.25, -0.2) is 4.39 Å². The van der Waals surface area contributed by atoms with E-state index < -0.39 is 17.3 Å². The summed E-state index contributed by atoms with van der Waals surface area (Å²) in [6.07, 6.45) is 1.17. The number of carbonyl (C=O) groups excluding carboxylic acids is 1. The molecule has 0 aromatic heterocycles. The average molecular weight is 286 g/mol. The molecule has 3 N–H and O–H groups in total.